The number of nitrogens with zero attached hydrogens (tertiary/aromatic N) is 2. The molecule has 0 atom stereocenters. The zero-order valence-electron chi connectivity index (χ0n) is 11.1. The van der Waals surface area contributed by atoms with E-state index < -0.39 is 9.84 Å². The molecule has 0 aliphatic rings. The van der Waals surface area contributed by atoms with Crippen LogP contribution in [-0.4, -0.2) is 24.1 Å². The summed E-state index contributed by atoms with van der Waals surface area (Å²) in [5, 5.41) is -0.267. The van der Waals surface area contributed by atoms with Gasteiger partial charge in [0.1, 0.15) is 5.52 Å². The minimum Gasteiger partial charge on any atom is -0.428 e. The molecule has 0 aliphatic carbocycles. The predicted molar refractivity (Wildman–Crippen MR) is 78.4 cm³/mol. The Morgan fingerprint density at radius 1 is 1.14 bits per heavy atom. The van der Waals surface area contributed by atoms with Crippen molar-refractivity contribution in [2.75, 3.05) is 11.5 Å². The molecule has 1 aromatic carbocycles. The SMILES string of the molecule is Nc1ccc2oc(S(=O)(=O)CCc3ccncc3)nc2c1. The number of pyridine rings is 1. The summed E-state index contributed by atoms with van der Waals surface area (Å²) in [6.07, 6.45) is 3.64. The Kier molecular flexibility index (Phi) is 3.34. The number of hydrogen-bond acceptors (Lipinski definition) is 6. The van der Waals surface area contributed by atoms with E-state index in [1.54, 1.807) is 42.7 Å². The summed E-state index contributed by atoms with van der Waals surface area (Å²) in [5.74, 6) is -0.0701. The molecule has 2 heterocycles. The maximum atomic E-state index is 12.3. The second-order valence-corrected chi connectivity index (χ2v) is 6.62. The minimum atomic E-state index is -3.57. The molecule has 2 N–H and O–H groups in total. The predicted octanol–water partition coefficient (Wildman–Crippen LogP) is 1.82. The number of aromatic nitrogens is 2. The van der Waals surface area contributed by atoms with E-state index in [0.29, 0.717) is 23.2 Å². The number of nitrogen functional groups attached to an aromatic ring is 1. The number of anilines is 1. The van der Waals surface area contributed by atoms with Gasteiger partial charge in [-0.2, -0.15) is 4.98 Å². The van der Waals surface area contributed by atoms with Crippen LogP contribution in [0.5, 0.6) is 0 Å². The van der Waals surface area contributed by atoms with Crippen molar-refractivity contribution < 1.29 is 12.8 Å². The summed E-state index contributed by atoms with van der Waals surface area (Å²) < 4.78 is 29.8. The van der Waals surface area contributed by atoms with E-state index in [4.69, 9.17) is 10.2 Å². The molecular formula is C14H13N3O3S. The zero-order valence-corrected chi connectivity index (χ0v) is 11.9. The normalized spacial score (nSPS) is 11.8. The second-order valence-electron chi connectivity index (χ2n) is 4.63. The highest BCUT2D eigenvalue weighted by molar-refractivity contribution is 7.91. The van der Waals surface area contributed by atoms with E-state index in [1.807, 2.05) is 0 Å². The first-order chi connectivity index (χ1) is 10.0. The molecule has 0 aliphatic heterocycles. The number of aryl methyl sites for hydroxylation is 1. The van der Waals surface area contributed by atoms with Gasteiger partial charge >= 0.3 is 5.22 Å². The number of rotatable bonds is 4. The van der Waals surface area contributed by atoms with Crippen molar-refractivity contribution in [3.05, 3.63) is 48.3 Å². The van der Waals surface area contributed by atoms with E-state index in [9.17, 15) is 8.42 Å². The van der Waals surface area contributed by atoms with E-state index in [1.165, 1.54) is 0 Å². The molecule has 6 nitrogen and oxygen atoms in total. The summed E-state index contributed by atoms with van der Waals surface area (Å²) in [5.41, 5.74) is 7.90. The molecule has 0 spiro atoms. The molecule has 0 bridgehead atoms. The fourth-order valence-electron chi connectivity index (χ4n) is 1.95. The Balaban J connectivity index is 1.86. The van der Waals surface area contributed by atoms with Gasteiger partial charge in [0, 0.05) is 18.1 Å². The molecule has 0 amide bonds. The summed E-state index contributed by atoms with van der Waals surface area (Å²) in [4.78, 5) is 7.90. The molecule has 0 unspecified atom stereocenters. The van der Waals surface area contributed by atoms with Crippen molar-refractivity contribution in [3.63, 3.8) is 0 Å². The Morgan fingerprint density at radius 2 is 1.90 bits per heavy atom. The largest absolute Gasteiger partial charge is 0.428 e. The van der Waals surface area contributed by atoms with Crippen LogP contribution in [0.25, 0.3) is 11.1 Å². The average molecular weight is 303 g/mol. The van der Waals surface area contributed by atoms with Crippen LogP contribution >= 0.6 is 0 Å². The number of benzene rings is 1. The van der Waals surface area contributed by atoms with Gasteiger partial charge in [0.25, 0.3) is 0 Å². The number of sulfone groups is 1. The number of nitrogens with two attached hydrogens (primary N) is 1. The first-order valence-electron chi connectivity index (χ1n) is 6.32. The van der Waals surface area contributed by atoms with Gasteiger partial charge in [-0.15, -0.1) is 0 Å². The molecule has 0 saturated carbocycles. The van der Waals surface area contributed by atoms with Crippen molar-refractivity contribution in [1.82, 2.24) is 9.97 Å². The number of hydrogen-bond donors (Lipinski definition) is 1. The first-order valence-corrected chi connectivity index (χ1v) is 7.97. The summed E-state index contributed by atoms with van der Waals surface area (Å²) in [6, 6.07) is 8.39. The monoisotopic (exact) mass is 303 g/mol. The lowest BCUT2D eigenvalue weighted by atomic mass is 10.2. The Hall–Kier alpha value is -2.41. The third-order valence-electron chi connectivity index (χ3n) is 3.07. The number of fused-ring (bicyclic) bond motifs is 1. The maximum Gasteiger partial charge on any atom is 0.316 e. The number of oxazole rings is 1. The van der Waals surface area contributed by atoms with E-state index in [-0.39, 0.29) is 11.0 Å². The van der Waals surface area contributed by atoms with Crippen LogP contribution in [0.15, 0.2) is 52.4 Å². The van der Waals surface area contributed by atoms with Crippen LogP contribution in [0.2, 0.25) is 0 Å². The molecule has 108 valence electrons. The smallest absolute Gasteiger partial charge is 0.316 e. The van der Waals surface area contributed by atoms with Crippen LogP contribution in [0, 0.1) is 0 Å². The summed E-state index contributed by atoms with van der Waals surface area (Å²) in [6.45, 7) is 0. The van der Waals surface area contributed by atoms with Crippen molar-refractivity contribution in [3.8, 4) is 0 Å². The minimum absolute atomic E-state index is 0.0701. The lowest BCUT2D eigenvalue weighted by Gasteiger charge is -2.00. The summed E-state index contributed by atoms with van der Waals surface area (Å²) in [7, 11) is -3.57. The van der Waals surface area contributed by atoms with Crippen molar-refractivity contribution in [1.29, 1.82) is 0 Å². The Labute approximate surface area is 121 Å². The van der Waals surface area contributed by atoms with Gasteiger partial charge in [-0.25, -0.2) is 8.42 Å². The van der Waals surface area contributed by atoms with E-state index in [2.05, 4.69) is 9.97 Å². The van der Waals surface area contributed by atoms with Crippen LogP contribution in [0.1, 0.15) is 5.56 Å². The Morgan fingerprint density at radius 3 is 2.67 bits per heavy atom. The first kappa shape index (κ1) is 13.6. The maximum absolute atomic E-state index is 12.3. The molecule has 0 saturated heterocycles. The molecule has 3 aromatic rings. The Bertz CT molecular complexity index is 873. The molecule has 7 heteroatoms. The standard InChI is InChI=1S/C14H13N3O3S/c15-11-1-2-13-12(9-11)17-14(20-13)21(18,19)8-5-10-3-6-16-7-4-10/h1-4,6-7,9H,5,8,15H2. The third kappa shape index (κ3) is 2.87. The molecule has 2 aromatic heterocycles. The van der Waals surface area contributed by atoms with Gasteiger partial charge in [0.2, 0.25) is 9.84 Å². The quantitative estimate of drug-likeness (QED) is 0.738. The van der Waals surface area contributed by atoms with Gasteiger partial charge in [0.05, 0.1) is 5.75 Å². The third-order valence-corrected chi connectivity index (χ3v) is 4.52. The van der Waals surface area contributed by atoms with Gasteiger partial charge in [0.15, 0.2) is 5.58 Å². The van der Waals surface area contributed by atoms with Crippen molar-refractivity contribution >= 4 is 26.6 Å². The molecule has 21 heavy (non-hydrogen) atoms. The van der Waals surface area contributed by atoms with Gasteiger partial charge in [-0.1, -0.05) is 0 Å². The zero-order chi connectivity index (χ0) is 14.9. The van der Waals surface area contributed by atoms with Crippen LogP contribution < -0.4 is 5.73 Å². The van der Waals surface area contributed by atoms with Gasteiger partial charge in [-0.05, 0) is 42.3 Å². The fraction of sp³-hybridized carbons (Fsp3) is 0.143. The molecular weight excluding hydrogens is 290 g/mol. The molecule has 0 fully saturated rings. The van der Waals surface area contributed by atoms with Crippen LogP contribution in [0.4, 0.5) is 5.69 Å². The molecule has 3 rings (SSSR count). The highest BCUT2D eigenvalue weighted by Crippen LogP contribution is 2.22. The van der Waals surface area contributed by atoms with Gasteiger partial charge in [-0.3, -0.25) is 4.98 Å². The van der Waals surface area contributed by atoms with E-state index >= 15 is 0 Å². The van der Waals surface area contributed by atoms with Crippen LogP contribution in [-0.2, 0) is 16.3 Å². The molecule has 0 radical (unpaired) electrons. The lowest BCUT2D eigenvalue weighted by molar-refractivity contribution is 0.458. The topological polar surface area (TPSA) is 99.1 Å². The van der Waals surface area contributed by atoms with Crippen LogP contribution in [0.3, 0.4) is 0 Å². The van der Waals surface area contributed by atoms with Crippen molar-refractivity contribution in [2.24, 2.45) is 0 Å². The van der Waals surface area contributed by atoms with Gasteiger partial charge < -0.3 is 10.2 Å². The van der Waals surface area contributed by atoms with E-state index in [0.717, 1.165) is 5.56 Å². The summed E-state index contributed by atoms with van der Waals surface area (Å²) >= 11 is 0. The highest BCUT2D eigenvalue weighted by atomic mass is 32.2. The lowest BCUT2D eigenvalue weighted by Crippen LogP contribution is -2.09. The fourth-order valence-corrected chi connectivity index (χ4v) is 3.08. The highest BCUT2D eigenvalue weighted by Gasteiger charge is 2.21. The second kappa shape index (κ2) is 5.17. The average Bonchev–Trinajstić information content (AvgIpc) is 2.90. The van der Waals surface area contributed by atoms with Crippen molar-refractivity contribution in [2.45, 2.75) is 11.6 Å².